The van der Waals surface area contributed by atoms with Gasteiger partial charge in [-0.2, -0.15) is 4.98 Å². The van der Waals surface area contributed by atoms with Crippen LogP contribution in [0.25, 0.3) is 11.4 Å². The van der Waals surface area contributed by atoms with Crippen LogP contribution in [-0.2, 0) is 5.41 Å². The van der Waals surface area contributed by atoms with Gasteiger partial charge in [0.2, 0.25) is 11.7 Å². The molecule has 30 heavy (non-hydrogen) atoms. The van der Waals surface area contributed by atoms with Crippen molar-refractivity contribution in [2.24, 2.45) is 0 Å². The first-order valence-corrected chi connectivity index (χ1v) is 9.70. The van der Waals surface area contributed by atoms with Crippen molar-refractivity contribution >= 4 is 5.91 Å². The molecule has 0 spiro atoms. The first-order valence-electron chi connectivity index (χ1n) is 9.70. The van der Waals surface area contributed by atoms with Gasteiger partial charge >= 0.3 is 0 Å². The van der Waals surface area contributed by atoms with E-state index in [1.165, 1.54) is 12.7 Å². The molecule has 7 heteroatoms. The van der Waals surface area contributed by atoms with Crippen LogP contribution in [0.15, 0.2) is 47.0 Å². The average molecular weight is 409 g/mol. The Balaban J connectivity index is 1.72. The van der Waals surface area contributed by atoms with E-state index in [2.05, 4.69) is 48.4 Å². The molecule has 0 unspecified atom stereocenters. The molecule has 2 aromatic carbocycles. The number of hydrogen-bond donors (Lipinski definition) is 1. The van der Waals surface area contributed by atoms with E-state index in [9.17, 15) is 4.79 Å². The second-order valence-corrected chi connectivity index (χ2v) is 8.05. The van der Waals surface area contributed by atoms with Crippen molar-refractivity contribution in [2.75, 3.05) is 14.2 Å². The molecule has 1 amide bonds. The van der Waals surface area contributed by atoms with Crippen LogP contribution in [0.2, 0.25) is 0 Å². The third-order valence-electron chi connectivity index (χ3n) is 4.81. The predicted molar refractivity (Wildman–Crippen MR) is 114 cm³/mol. The maximum Gasteiger partial charge on any atom is 0.252 e. The summed E-state index contributed by atoms with van der Waals surface area (Å²) in [6.07, 6.45) is 0. The molecule has 0 bridgehead atoms. The molecular formula is C23H27N3O4. The Morgan fingerprint density at radius 2 is 1.70 bits per heavy atom. The second kappa shape index (κ2) is 8.57. The van der Waals surface area contributed by atoms with Crippen LogP contribution in [0, 0.1) is 0 Å². The van der Waals surface area contributed by atoms with E-state index in [-0.39, 0.29) is 11.3 Å². The van der Waals surface area contributed by atoms with Gasteiger partial charge < -0.3 is 19.3 Å². The van der Waals surface area contributed by atoms with Crippen molar-refractivity contribution in [3.8, 4) is 22.9 Å². The van der Waals surface area contributed by atoms with Crippen LogP contribution in [0.1, 0.15) is 55.5 Å². The molecule has 1 aromatic heterocycles. The van der Waals surface area contributed by atoms with Crippen molar-refractivity contribution < 1.29 is 18.8 Å². The number of rotatable bonds is 6. The Kier molecular flexibility index (Phi) is 6.10. The van der Waals surface area contributed by atoms with E-state index >= 15 is 0 Å². The monoisotopic (exact) mass is 409 g/mol. The molecule has 0 aliphatic rings. The Bertz CT molecular complexity index is 1020. The van der Waals surface area contributed by atoms with E-state index in [1.54, 1.807) is 32.2 Å². The zero-order chi connectivity index (χ0) is 21.9. The van der Waals surface area contributed by atoms with Gasteiger partial charge in [-0.15, -0.1) is 0 Å². The smallest absolute Gasteiger partial charge is 0.252 e. The summed E-state index contributed by atoms with van der Waals surface area (Å²) < 4.78 is 15.8. The van der Waals surface area contributed by atoms with Gasteiger partial charge in [-0.1, -0.05) is 50.2 Å². The second-order valence-electron chi connectivity index (χ2n) is 8.05. The number of benzene rings is 2. The lowest BCUT2D eigenvalue weighted by Crippen LogP contribution is -2.26. The summed E-state index contributed by atoms with van der Waals surface area (Å²) >= 11 is 0. The van der Waals surface area contributed by atoms with Crippen LogP contribution in [0.4, 0.5) is 0 Å². The molecule has 0 radical (unpaired) electrons. The summed E-state index contributed by atoms with van der Waals surface area (Å²) in [4.78, 5) is 17.0. The van der Waals surface area contributed by atoms with E-state index < -0.39 is 6.04 Å². The normalized spacial score (nSPS) is 12.3. The minimum absolute atomic E-state index is 0.0733. The van der Waals surface area contributed by atoms with Crippen molar-refractivity contribution in [1.29, 1.82) is 0 Å². The zero-order valence-electron chi connectivity index (χ0n) is 18.1. The standard InChI is InChI=1S/C23H27N3O4/c1-14(24-21(27)16-9-12-18(28-5)19(13-16)29-6)22-25-20(26-30-22)15-7-10-17(11-8-15)23(2,3)4/h7-14H,1-6H3,(H,24,27)/t14-/m0/s1. The Hall–Kier alpha value is -3.35. The lowest BCUT2D eigenvalue weighted by Gasteiger charge is -2.18. The third-order valence-corrected chi connectivity index (χ3v) is 4.81. The highest BCUT2D eigenvalue weighted by atomic mass is 16.5. The van der Waals surface area contributed by atoms with Crippen LogP contribution in [-0.4, -0.2) is 30.3 Å². The van der Waals surface area contributed by atoms with Crippen LogP contribution in [0.3, 0.4) is 0 Å². The molecule has 0 saturated heterocycles. The van der Waals surface area contributed by atoms with Crippen molar-refractivity contribution in [3.05, 3.63) is 59.5 Å². The summed E-state index contributed by atoms with van der Waals surface area (Å²) in [7, 11) is 3.07. The largest absolute Gasteiger partial charge is 0.493 e. The number of nitrogens with zero attached hydrogens (tertiary/aromatic N) is 2. The lowest BCUT2D eigenvalue weighted by atomic mass is 9.87. The minimum Gasteiger partial charge on any atom is -0.493 e. The van der Waals surface area contributed by atoms with E-state index in [1.807, 2.05) is 12.1 Å². The number of ether oxygens (including phenoxy) is 2. The molecule has 1 atom stereocenters. The van der Waals surface area contributed by atoms with Crippen molar-refractivity contribution in [2.45, 2.75) is 39.2 Å². The third kappa shape index (κ3) is 4.62. The SMILES string of the molecule is COc1ccc(C(=O)N[C@@H](C)c2nc(-c3ccc(C(C)(C)C)cc3)no2)cc1OC. The van der Waals surface area contributed by atoms with Gasteiger partial charge in [0, 0.05) is 11.1 Å². The average Bonchev–Trinajstić information content (AvgIpc) is 3.23. The molecule has 0 aliphatic carbocycles. The number of aromatic nitrogens is 2. The molecular weight excluding hydrogens is 382 g/mol. The fourth-order valence-corrected chi connectivity index (χ4v) is 2.97. The molecule has 0 saturated carbocycles. The highest BCUT2D eigenvalue weighted by Gasteiger charge is 2.20. The first kappa shape index (κ1) is 21.4. The number of hydrogen-bond acceptors (Lipinski definition) is 6. The molecule has 7 nitrogen and oxygen atoms in total. The molecule has 3 rings (SSSR count). The summed E-state index contributed by atoms with van der Waals surface area (Å²) in [5, 5.41) is 6.92. The highest BCUT2D eigenvalue weighted by molar-refractivity contribution is 5.95. The van der Waals surface area contributed by atoms with Gasteiger partial charge in [-0.25, -0.2) is 0 Å². The molecule has 0 fully saturated rings. The topological polar surface area (TPSA) is 86.5 Å². The maximum absolute atomic E-state index is 12.6. The van der Waals surface area contributed by atoms with Gasteiger partial charge in [0.25, 0.3) is 5.91 Å². The Morgan fingerprint density at radius 3 is 2.30 bits per heavy atom. The predicted octanol–water partition coefficient (Wildman–Crippen LogP) is 4.54. The summed E-state index contributed by atoms with van der Waals surface area (Å²) in [6.45, 7) is 8.28. The number of nitrogens with one attached hydrogen (secondary N) is 1. The highest BCUT2D eigenvalue weighted by Crippen LogP contribution is 2.28. The van der Waals surface area contributed by atoms with Gasteiger partial charge in [-0.3, -0.25) is 4.79 Å². The van der Waals surface area contributed by atoms with E-state index in [4.69, 9.17) is 14.0 Å². The molecule has 3 aromatic rings. The number of carbonyl (C=O) groups excluding carboxylic acids is 1. The quantitative estimate of drug-likeness (QED) is 0.643. The number of methoxy groups -OCH3 is 2. The summed E-state index contributed by atoms with van der Waals surface area (Å²) in [5.74, 6) is 1.58. The van der Waals surface area contributed by atoms with Crippen LogP contribution < -0.4 is 14.8 Å². The fourth-order valence-electron chi connectivity index (χ4n) is 2.97. The zero-order valence-corrected chi connectivity index (χ0v) is 18.1. The molecule has 0 aliphatic heterocycles. The maximum atomic E-state index is 12.6. The van der Waals surface area contributed by atoms with E-state index in [0.717, 1.165) is 5.56 Å². The van der Waals surface area contributed by atoms with Crippen molar-refractivity contribution in [1.82, 2.24) is 15.5 Å². The van der Waals surface area contributed by atoms with Crippen molar-refractivity contribution in [3.63, 3.8) is 0 Å². The number of carbonyl (C=O) groups is 1. The van der Waals surface area contributed by atoms with Crippen LogP contribution >= 0.6 is 0 Å². The molecule has 1 heterocycles. The van der Waals surface area contributed by atoms with Gasteiger partial charge in [0.1, 0.15) is 6.04 Å². The summed E-state index contributed by atoms with van der Waals surface area (Å²) in [6, 6.07) is 12.6. The van der Waals surface area contributed by atoms with Gasteiger partial charge in [0.05, 0.1) is 14.2 Å². The Morgan fingerprint density at radius 1 is 1.03 bits per heavy atom. The van der Waals surface area contributed by atoms with Gasteiger partial charge in [-0.05, 0) is 36.1 Å². The molecule has 1 N–H and O–H groups in total. The van der Waals surface area contributed by atoms with E-state index in [0.29, 0.717) is 28.8 Å². The molecule has 158 valence electrons. The fraction of sp³-hybridized carbons (Fsp3) is 0.348. The lowest BCUT2D eigenvalue weighted by molar-refractivity contribution is 0.0932. The summed E-state index contributed by atoms with van der Waals surface area (Å²) in [5.41, 5.74) is 2.60. The Labute approximate surface area is 176 Å². The van der Waals surface area contributed by atoms with Crippen LogP contribution in [0.5, 0.6) is 11.5 Å². The number of amides is 1. The first-order chi connectivity index (χ1) is 14.2. The van der Waals surface area contributed by atoms with Gasteiger partial charge in [0.15, 0.2) is 11.5 Å². The minimum atomic E-state index is -0.458.